The second kappa shape index (κ2) is 5.21. The molecule has 0 bridgehead atoms. The van der Waals surface area contributed by atoms with Crippen LogP contribution in [0.3, 0.4) is 0 Å². The molecule has 1 rings (SSSR count). The van der Waals surface area contributed by atoms with Gasteiger partial charge in [0, 0.05) is 12.6 Å². The topological polar surface area (TPSA) is 12.0 Å². The first-order chi connectivity index (χ1) is 7.00. The Labute approximate surface area is 89.5 Å². The number of halogens is 2. The average Bonchev–Trinajstić information content (AvgIpc) is 2.18. The minimum Gasteiger partial charge on any atom is -0.314 e. The summed E-state index contributed by atoms with van der Waals surface area (Å²) in [5.74, 6) is -1.38. The van der Waals surface area contributed by atoms with E-state index >= 15 is 0 Å². The van der Waals surface area contributed by atoms with Gasteiger partial charge in [0.05, 0.1) is 0 Å². The van der Waals surface area contributed by atoms with Gasteiger partial charge >= 0.3 is 0 Å². The first-order valence-electron chi connectivity index (χ1n) is 5.19. The van der Waals surface area contributed by atoms with Crippen molar-refractivity contribution in [3.63, 3.8) is 0 Å². The van der Waals surface area contributed by atoms with Crippen LogP contribution in [0.25, 0.3) is 0 Å². The van der Waals surface area contributed by atoms with E-state index in [0.717, 1.165) is 12.1 Å². The van der Waals surface area contributed by atoms with E-state index in [1.54, 1.807) is 6.07 Å². The zero-order valence-corrected chi connectivity index (χ0v) is 9.35. The van der Waals surface area contributed by atoms with Crippen LogP contribution in [-0.4, -0.2) is 12.6 Å². The molecule has 1 N–H and O–H groups in total. The Balaban J connectivity index is 2.65. The Hall–Kier alpha value is -0.960. The van der Waals surface area contributed by atoms with Gasteiger partial charge in [-0.1, -0.05) is 26.8 Å². The molecule has 0 radical (unpaired) electrons. The lowest BCUT2D eigenvalue weighted by Crippen LogP contribution is -2.27. The van der Waals surface area contributed by atoms with E-state index in [2.05, 4.69) is 19.2 Å². The Morgan fingerprint density at radius 1 is 1.13 bits per heavy atom. The lowest BCUT2D eigenvalue weighted by atomic mass is 10.0. The van der Waals surface area contributed by atoms with E-state index in [1.807, 2.05) is 6.92 Å². The molecule has 0 aromatic heterocycles. The highest BCUT2D eigenvalue weighted by atomic mass is 19.2. The molecule has 0 amide bonds. The molecular weight excluding hydrogens is 196 g/mol. The molecule has 1 unspecified atom stereocenters. The van der Waals surface area contributed by atoms with Crippen LogP contribution in [0.5, 0.6) is 0 Å². The van der Waals surface area contributed by atoms with Crippen molar-refractivity contribution in [2.45, 2.75) is 32.7 Å². The fourth-order valence-electron chi connectivity index (χ4n) is 1.35. The van der Waals surface area contributed by atoms with Gasteiger partial charge in [-0.2, -0.15) is 0 Å². The zero-order chi connectivity index (χ0) is 11.4. The van der Waals surface area contributed by atoms with Gasteiger partial charge < -0.3 is 5.32 Å². The number of nitrogens with one attached hydrogen (secondary N) is 1. The molecule has 1 aromatic rings. The molecule has 0 saturated carbocycles. The van der Waals surface area contributed by atoms with Crippen LogP contribution in [0.4, 0.5) is 8.78 Å². The van der Waals surface area contributed by atoms with Crippen LogP contribution in [0.2, 0.25) is 0 Å². The molecule has 0 saturated heterocycles. The van der Waals surface area contributed by atoms with Gasteiger partial charge in [0.15, 0.2) is 11.6 Å². The molecule has 0 spiro atoms. The third-order valence-electron chi connectivity index (χ3n) is 2.34. The van der Waals surface area contributed by atoms with Crippen molar-refractivity contribution >= 4 is 0 Å². The molecule has 0 heterocycles. The summed E-state index contributed by atoms with van der Waals surface area (Å²) in [5, 5.41) is 3.26. The van der Waals surface area contributed by atoms with Crippen LogP contribution in [0.1, 0.15) is 32.3 Å². The first kappa shape index (κ1) is 12.1. The molecular formula is C12H17F2N. The number of hydrogen-bond donors (Lipinski definition) is 1. The van der Waals surface area contributed by atoms with E-state index in [1.165, 1.54) is 12.1 Å². The minimum atomic E-state index is -0.789. The van der Waals surface area contributed by atoms with E-state index < -0.39 is 11.6 Å². The average molecular weight is 213 g/mol. The Morgan fingerprint density at radius 3 is 2.33 bits per heavy atom. The monoisotopic (exact) mass is 213 g/mol. The van der Waals surface area contributed by atoms with Crippen molar-refractivity contribution in [2.75, 3.05) is 6.54 Å². The molecule has 1 nitrogen and oxygen atoms in total. The van der Waals surface area contributed by atoms with E-state index in [-0.39, 0.29) is 5.92 Å². The first-order valence-corrected chi connectivity index (χ1v) is 5.19. The second-order valence-electron chi connectivity index (χ2n) is 4.14. The lowest BCUT2D eigenvalue weighted by molar-refractivity contribution is 0.502. The molecule has 15 heavy (non-hydrogen) atoms. The maximum atomic E-state index is 12.9. The van der Waals surface area contributed by atoms with Gasteiger partial charge in [-0.3, -0.25) is 0 Å². The van der Waals surface area contributed by atoms with Crippen LogP contribution in [-0.2, 0) is 0 Å². The normalized spacial score (nSPS) is 13.2. The summed E-state index contributed by atoms with van der Waals surface area (Å²) in [6, 6.07) is 4.47. The van der Waals surface area contributed by atoms with Crippen molar-refractivity contribution in [3.8, 4) is 0 Å². The molecule has 3 heteroatoms. The maximum absolute atomic E-state index is 12.9. The Morgan fingerprint density at radius 2 is 1.80 bits per heavy atom. The predicted molar refractivity (Wildman–Crippen MR) is 57.9 cm³/mol. The summed E-state index contributed by atoms with van der Waals surface area (Å²) < 4.78 is 25.6. The summed E-state index contributed by atoms with van der Waals surface area (Å²) in [7, 11) is 0. The summed E-state index contributed by atoms with van der Waals surface area (Å²) in [4.78, 5) is 0. The van der Waals surface area contributed by atoms with Crippen LogP contribution in [0.15, 0.2) is 18.2 Å². The largest absolute Gasteiger partial charge is 0.314 e. The highest BCUT2D eigenvalue weighted by Crippen LogP contribution is 2.17. The van der Waals surface area contributed by atoms with Gasteiger partial charge in [-0.05, 0) is 23.6 Å². The number of rotatable bonds is 4. The van der Waals surface area contributed by atoms with Crippen LogP contribution >= 0.6 is 0 Å². The Bertz CT molecular complexity index is 323. The van der Waals surface area contributed by atoms with E-state index in [0.29, 0.717) is 6.04 Å². The van der Waals surface area contributed by atoms with Gasteiger partial charge in [-0.25, -0.2) is 8.78 Å². The fourth-order valence-corrected chi connectivity index (χ4v) is 1.35. The van der Waals surface area contributed by atoms with Gasteiger partial charge in [0.1, 0.15) is 0 Å². The minimum absolute atomic E-state index is 0.183. The van der Waals surface area contributed by atoms with Crippen molar-refractivity contribution < 1.29 is 8.78 Å². The fraction of sp³-hybridized carbons (Fsp3) is 0.500. The summed E-state index contributed by atoms with van der Waals surface area (Å²) in [6.07, 6.45) is 0. The summed E-state index contributed by atoms with van der Waals surface area (Å²) in [5.41, 5.74) is 0.821. The SMILES string of the molecule is CC(C)NCC(C)c1ccc(F)c(F)c1. The maximum Gasteiger partial charge on any atom is 0.159 e. The molecule has 84 valence electrons. The zero-order valence-electron chi connectivity index (χ0n) is 9.35. The number of hydrogen-bond acceptors (Lipinski definition) is 1. The van der Waals surface area contributed by atoms with Crippen LogP contribution < -0.4 is 5.32 Å². The quantitative estimate of drug-likeness (QED) is 0.810. The number of benzene rings is 1. The highest BCUT2D eigenvalue weighted by molar-refractivity contribution is 5.21. The van der Waals surface area contributed by atoms with Gasteiger partial charge in [0.25, 0.3) is 0 Å². The predicted octanol–water partition coefficient (Wildman–Crippen LogP) is 3.07. The molecule has 0 aliphatic carbocycles. The Kier molecular flexibility index (Phi) is 4.21. The van der Waals surface area contributed by atoms with E-state index in [4.69, 9.17) is 0 Å². The smallest absolute Gasteiger partial charge is 0.159 e. The van der Waals surface area contributed by atoms with Crippen molar-refractivity contribution in [3.05, 3.63) is 35.4 Å². The molecule has 0 fully saturated rings. The summed E-state index contributed by atoms with van der Waals surface area (Å²) in [6.45, 7) is 6.86. The molecule has 0 aliphatic rings. The second-order valence-corrected chi connectivity index (χ2v) is 4.14. The lowest BCUT2D eigenvalue weighted by Gasteiger charge is -2.15. The molecule has 0 aliphatic heterocycles. The van der Waals surface area contributed by atoms with Crippen LogP contribution in [0, 0.1) is 11.6 Å². The third-order valence-corrected chi connectivity index (χ3v) is 2.34. The standard InChI is InChI=1S/C12H17F2N/c1-8(2)15-7-9(3)10-4-5-11(13)12(14)6-10/h4-6,8-9,15H,7H2,1-3H3. The van der Waals surface area contributed by atoms with Crippen molar-refractivity contribution in [1.82, 2.24) is 5.32 Å². The summed E-state index contributed by atoms with van der Waals surface area (Å²) >= 11 is 0. The van der Waals surface area contributed by atoms with Crippen molar-refractivity contribution in [1.29, 1.82) is 0 Å². The molecule has 1 atom stereocenters. The van der Waals surface area contributed by atoms with Gasteiger partial charge in [0.2, 0.25) is 0 Å². The molecule has 1 aromatic carbocycles. The highest BCUT2D eigenvalue weighted by Gasteiger charge is 2.09. The third kappa shape index (κ3) is 3.59. The van der Waals surface area contributed by atoms with Gasteiger partial charge in [-0.15, -0.1) is 0 Å². The van der Waals surface area contributed by atoms with Crippen molar-refractivity contribution in [2.24, 2.45) is 0 Å². The van der Waals surface area contributed by atoms with E-state index in [9.17, 15) is 8.78 Å².